The van der Waals surface area contributed by atoms with Crippen LogP contribution in [0.5, 0.6) is 0 Å². The highest BCUT2D eigenvalue weighted by Gasteiger charge is 2.33. The van der Waals surface area contributed by atoms with Crippen LogP contribution in [0.15, 0.2) is 34.8 Å². The topological polar surface area (TPSA) is 37.4 Å². The van der Waals surface area contributed by atoms with Crippen LogP contribution in [0.1, 0.15) is 34.8 Å². The lowest BCUT2D eigenvalue weighted by Crippen LogP contribution is -2.35. The van der Waals surface area contributed by atoms with Gasteiger partial charge in [0, 0.05) is 5.56 Å². The fourth-order valence-electron chi connectivity index (χ4n) is 2.96. The third-order valence-electron chi connectivity index (χ3n) is 4.07. The van der Waals surface area contributed by atoms with E-state index in [0.29, 0.717) is 5.69 Å². The van der Waals surface area contributed by atoms with Crippen molar-refractivity contribution >= 4 is 39.0 Å². The van der Waals surface area contributed by atoms with Crippen molar-refractivity contribution in [3.63, 3.8) is 0 Å². The number of hydrogen-bond donors (Lipinski definition) is 0. The summed E-state index contributed by atoms with van der Waals surface area (Å²) in [6.07, 6.45) is 0.512. The first-order valence-electron chi connectivity index (χ1n) is 7.37. The number of benzene rings is 2. The van der Waals surface area contributed by atoms with E-state index in [1.165, 1.54) is 12.1 Å². The first-order chi connectivity index (χ1) is 10.9. The van der Waals surface area contributed by atoms with Crippen molar-refractivity contribution in [3.8, 4) is 0 Å². The minimum absolute atomic E-state index is 0.232. The highest BCUT2D eigenvalue weighted by Crippen LogP contribution is 2.40. The van der Waals surface area contributed by atoms with Crippen molar-refractivity contribution < 1.29 is 14.0 Å². The zero-order chi connectivity index (χ0) is 16.7. The number of para-hydroxylation sites is 1. The molecule has 0 unspecified atom stereocenters. The van der Waals surface area contributed by atoms with Crippen molar-refractivity contribution in [2.24, 2.45) is 0 Å². The molecular formula is C18H15BrFNO2. The Labute approximate surface area is 142 Å². The second kappa shape index (κ2) is 5.89. The summed E-state index contributed by atoms with van der Waals surface area (Å²) in [6, 6.07) is 8.54. The number of nitrogens with zero attached hydrogens (tertiary/aromatic N) is 1. The zero-order valence-electron chi connectivity index (χ0n) is 12.8. The number of rotatable bonds is 2. The Hall–Kier alpha value is -2.01. The van der Waals surface area contributed by atoms with Crippen LogP contribution in [-0.4, -0.2) is 11.7 Å². The van der Waals surface area contributed by atoms with Crippen molar-refractivity contribution in [1.82, 2.24) is 0 Å². The molecule has 5 heteroatoms. The van der Waals surface area contributed by atoms with Gasteiger partial charge in [-0.15, -0.1) is 0 Å². The summed E-state index contributed by atoms with van der Waals surface area (Å²) in [6.45, 7) is 3.94. The third-order valence-corrected chi connectivity index (χ3v) is 4.67. The molecule has 0 N–H and O–H groups in total. The van der Waals surface area contributed by atoms with E-state index in [9.17, 15) is 14.0 Å². The maximum Gasteiger partial charge on any atom is 0.239 e. The van der Waals surface area contributed by atoms with Gasteiger partial charge in [0.25, 0.3) is 0 Å². The number of Topliss-reactive ketones (excluding diaryl/α,β-unsaturated/α-hetero) is 1. The molecule has 1 aliphatic heterocycles. The molecule has 2 aromatic rings. The van der Waals surface area contributed by atoms with Crippen molar-refractivity contribution in [3.05, 3.63) is 57.3 Å². The maximum absolute atomic E-state index is 13.8. The average molecular weight is 376 g/mol. The summed E-state index contributed by atoms with van der Waals surface area (Å²) in [5.74, 6) is -1.14. The summed E-state index contributed by atoms with van der Waals surface area (Å²) in [7, 11) is 0. The Morgan fingerprint density at radius 3 is 2.70 bits per heavy atom. The van der Waals surface area contributed by atoms with Crippen LogP contribution in [0.2, 0.25) is 0 Å². The van der Waals surface area contributed by atoms with Crippen LogP contribution in [0.3, 0.4) is 0 Å². The van der Waals surface area contributed by atoms with E-state index in [2.05, 4.69) is 15.9 Å². The van der Waals surface area contributed by atoms with Gasteiger partial charge in [0.2, 0.25) is 5.91 Å². The summed E-state index contributed by atoms with van der Waals surface area (Å²) >= 11 is 3.14. The van der Waals surface area contributed by atoms with Gasteiger partial charge < -0.3 is 0 Å². The predicted molar refractivity (Wildman–Crippen MR) is 90.8 cm³/mol. The van der Waals surface area contributed by atoms with Crippen LogP contribution >= 0.6 is 15.9 Å². The molecule has 3 rings (SSSR count). The smallest absolute Gasteiger partial charge is 0.239 e. The maximum atomic E-state index is 13.8. The zero-order valence-corrected chi connectivity index (χ0v) is 14.4. The molecule has 0 saturated heterocycles. The van der Waals surface area contributed by atoms with Crippen LogP contribution in [0, 0.1) is 12.7 Å². The second-order valence-corrected chi connectivity index (χ2v) is 6.40. The Morgan fingerprint density at radius 2 is 2.00 bits per heavy atom. The van der Waals surface area contributed by atoms with E-state index in [1.54, 1.807) is 4.90 Å². The molecule has 23 heavy (non-hydrogen) atoms. The van der Waals surface area contributed by atoms with E-state index in [1.807, 2.05) is 32.0 Å². The van der Waals surface area contributed by atoms with Crippen molar-refractivity contribution in [2.75, 3.05) is 4.90 Å². The second-order valence-electron chi connectivity index (χ2n) is 5.55. The van der Waals surface area contributed by atoms with Crippen LogP contribution in [-0.2, 0) is 11.2 Å². The molecule has 0 fully saturated rings. The number of amides is 1. The van der Waals surface area contributed by atoms with E-state index < -0.39 is 5.82 Å². The molecule has 1 amide bonds. The molecule has 3 nitrogen and oxygen atoms in total. The summed E-state index contributed by atoms with van der Waals surface area (Å²) in [5, 5.41) is 0. The molecule has 2 aromatic carbocycles. The summed E-state index contributed by atoms with van der Waals surface area (Å²) in [5.41, 5.74) is 3.42. The molecule has 118 valence electrons. The van der Waals surface area contributed by atoms with E-state index in [4.69, 9.17) is 0 Å². The largest absolute Gasteiger partial charge is 0.294 e. The molecule has 0 spiro atoms. The Kier molecular flexibility index (Phi) is 4.06. The molecule has 0 aromatic heterocycles. The first-order valence-corrected chi connectivity index (χ1v) is 8.17. The van der Waals surface area contributed by atoms with Crippen molar-refractivity contribution in [1.29, 1.82) is 0 Å². The van der Waals surface area contributed by atoms with E-state index in [0.717, 1.165) is 23.2 Å². The van der Waals surface area contributed by atoms with Crippen LogP contribution in [0.25, 0.3) is 0 Å². The number of halogens is 2. The fourth-order valence-corrected chi connectivity index (χ4v) is 3.29. The molecule has 1 heterocycles. The Balaban J connectivity index is 2.30. The summed E-state index contributed by atoms with van der Waals surface area (Å²) in [4.78, 5) is 26.3. The molecule has 0 saturated carbocycles. The molecule has 1 aliphatic rings. The van der Waals surface area contributed by atoms with Crippen LogP contribution in [0.4, 0.5) is 15.8 Å². The third kappa shape index (κ3) is 2.59. The number of aryl methyl sites for hydroxylation is 2. The standard InChI is InChI=1S/C18H15BrFNO2/c1-3-11-6-4-5-10(2)18(11)21-15-8-13(19)14(20)7-12(15)16(22)9-17(21)23/h4-8H,3,9H2,1-2H3. The average Bonchev–Trinajstić information content (AvgIpc) is 2.50. The van der Waals surface area contributed by atoms with Gasteiger partial charge in [-0.2, -0.15) is 0 Å². The SMILES string of the molecule is CCc1cccc(C)c1N1C(=O)CC(=O)c2cc(F)c(Br)cc21. The van der Waals surface area contributed by atoms with Gasteiger partial charge in [-0.25, -0.2) is 4.39 Å². The minimum atomic E-state index is -0.508. The lowest BCUT2D eigenvalue weighted by molar-refractivity contribution is -0.117. The van der Waals surface area contributed by atoms with Gasteiger partial charge in [0.05, 0.1) is 22.3 Å². The number of carbonyl (C=O) groups is 2. The molecule has 0 aliphatic carbocycles. The van der Waals surface area contributed by atoms with Gasteiger partial charge in [0.1, 0.15) is 5.82 Å². The quantitative estimate of drug-likeness (QED) is 0.712. The molecule has 0 radical (unpaired) electrons. The van der Waals surface area contributed by atoms with Gasteiger partial charge in [-0.05, 0) is 52.5 Å². The Bertz CT molecular complexity index is 832. The van der Waals surface area contributed by atoms with E-state index in [-0.39, 0.29) is 28.1 Å². The van der Waals surface area contributed by atoms with E-state index >= 15 is 0 Å². The first kappa shape index (κ1) is 15.9. The lowest BCUT2D eigenvalue weighted by Gasteiger charge is -2.31. The molecule has 0 bridgehead atoms. The van der Waals surface area contributed by atoms with Gasteiger partial charge in [-0.3, -0.25) is 14.5 Å². The number of hydrogen-bond acceptors (Lipinski definition) is 2. The summed E-state index contributed by atoms with van der Waals surface area (Å²) < 4.78 is 14.1. The van der Waals surface area contributed by atoms with Gasteiger partial charge in [0.15, 0.2) is 5.78 Å². The minimum Gasteiger partial charge on any atom is -0.294 e. The number of fused-ring (bicyclic) bond motifs is 1. The molecular weight excluding hydrogens is 361 g/mol. The highest BCUT2D eigenvalue weighted by atomic mass is 79.9. The predicted octanol–water partition coefficient (Wildman–Crippen LogP) is 4.71. The monoisotopic (exact) mass is 375 g/mol. The normalized spacial score (nSPS) is 14.2. The Morgan fingerprint density at radius 1 is 1.26 bits per heavy atom. The van der Waals surface area contributed by atoms with Gasteiger partial charge in [-0.1, -0.05) is 25.1 Å². The van der Waals surface area contributed by atoms with Crippen LogP contribution < -0.4 is 4.90 Å². The number of ketones is 1. The molecule has 0 atom stereocenters. The fraction of sp³-hybridized carbons (Fsp3) is 0.222. The number of carbonyl (C=O) groups excluding carboxylic acids is 2. The highest BCUT2D eigenvalue weighted by molar-refractivity contribution is 9.10. The van der Waals surface area contributed by atoms with Crippen molar-refractivity contribution in [2.45, 2.75) is 26.7 Å². The lowest BCUT2D eigenvalue weighted by atomic mass is 9.96. The van der Waals surface area contributed by atoms with Gasteiger partial charge >= 0.3 is 0 Å². The number of anilines is 2.